The molecule has 0 saturated heterocycles. The maximum absolute atomic E-state index is 5.26. The molecule has 1 rings (SSSR count). The normalized spacial score (nSPS) is 12.5. The minimum absolute atomic E-state index is 0.641. The third kappa shape index (κ3) is 4.39. The second kappa shape index (κ2) is 7.33. The van der Waals surface area contributed by atoms with E-state index in [9.17, 15) is 0 Å². The van der Waals surface area contributed by atoms with Crippen LogP contribution in [0.1, 0.15) is 44.2 Å². The molecule has 0 heterocycles. The van der Waals surface area contributed by atoms with Gasteiger partial charge in [0.05, 0.1) is 7.11 Å². The van der Waals surface area contributed by atoms with Crippen LogP contribution in [0.25, 0.3) is 0 Å². The van der Waals surface area contributed by atoms with Crippen molar-refractivity contribution in [3.63, 3.8) is 0 Å². The summed E-state index contributed by atoms with van der Waals surface area (Å²) in [6, 6.07) is 7.03. The van der Waals surface area contributed by atoms with E-state index < -0.39 is 0 Å². The van der Waals surface area contributed by atoms with E-state index in [1.165, 1.54) is 30.4 Å². The summed E-state index contributed by atoms with van der Waals surface area (Å²) in [6.07, 6.45) is 3.70. The molecule has 1 N–H and O–H groups in total. The first kappa shape index (κ1) is 14.0. The third-order valence-electron chi connectivity index (χ3n) is 3.18. The number of hydrogen-bond donors (Lipinski definition) is 1. The van der Waals surface area contributed by atoms with Crippen LogP contribution in [0.15, 0.2) is 18.2 Å². The van der Waals surface area contributed by atoms with E-state index in [4.69, 9.17) is 4.74 Å². The van der Waals surface area contributed by atoms with Crippen molar-refractivity contribution in [3.05, 3.63) is 29.3 Å². The van der Waals surface area contributed by atoms with Crippen LogP contribution >= 0.6 is 0 Å². The average Bonchev–Trinajstić information content (AvgIpc) is 2.34. The summed E-state index contributed by atoms with van der Waals surface area (Å²) in [4.78, 5) is 0. The molecule has 0 amide bonds. The van der Waals surface area contributed by atoms with E-state index in [-0.39, 0.29) is 0 Å². The molecule has 1 unspecified atom stereocenters. The molecule has 0 spiro atoms. The molecule has 0 aliphatic carbocycles. The van der Waals surface area contributed by atoms with Crippen LogP contribution in [0.5, 0.6) is 5.75 Å². The lowest BCUT2D eigenvalue weighted by atomic mass is 10.1. The number of methoxy groups -OCH3 is 1. The summed E-state index contributed by atoms with van der Waals surface area (Å²) in [5.41, 5.74) is 2.54. The van der Waals surface area contributed by atoms with Crippen molar-refractivity contribution >= 4 is 0 Å². The van der Waals surface area contributed by atoms with Gasteiger partial charge >= 0.3 is 0 Å². The molecule has 96 valence electrons. The van der Waals surface area contributed by atoms with E-state index in [1.54, 1.807) is 7.11 Å². The molecule has 2 heteroatoms. The van der Waals surface area contributed by atoms with Crippen LogP contribution in [0.2, 0.25) is 0 Å². The van der Waals surface area contributed by atoms with Gasteiger partial charge in [-0.2, -0.15) is 0 Å². The summed E-state index contributed by atoms with van der Waals surface area (Å²) >= 11 is 0. The third-order valence-corrected chi connectivity index (χ3v) is 3.18. The molecule has 0 bridgehead atoms. The van der Waals surface area contributed by atoms with Crippen molar-refractivity contribution in [1.29, 1.82) is 0 Å². The smallest absolute Gasteiger partial charge is 0.121 e. The van der Waals surface area contributed by atoms with Gasteiger partial charge in [0.15, 0.2) is 0 Å². The molecule has 0 aliphatic heterocycles. The molecule has 0 aromatic heterocycles. The lowest BCUT2D eigenvalue weighted by Gasteiger charge is -2.16. The molecule has 1 aromatic rings. The maximum Gasteiger partial charge on any atom is 0.121 e. The number of ether oxygens (including phenoxy) is 1. The molecule has 0 fully saturated rings. The zero-order valence-electron chi connectivity index (χ0n) is 11.5. The van der Waals surface area contributed by atoms with Gasteiger partial charge in [0.2, 0.25) is 0 Å². The van der Waals surface area contributed by atoms with Crippen LogP contribution < -0.4 is 10.1 Å². The highest BCUT2D eigenvalue weighted by Crippen LogP contribution is 2.18. The highest BCUT2D eigenvalue weighted by Gasteiger charge is 2.05. The Bertz CT molecular complexity index is 336. The fourth-order valence-electron chi connectivity index (χ4n) is 2.11. The minimum atomic E-state index is 0.641. The fourth-order valence-corrected chi connectivity index (χ4v) is 2.11. The van der Waals surface area contributed by atoms with Crippen molar-refractivity contribution < 1.29 is 4.74 Å². The van der Waals surface area contributed by atoms with Gasteiger partial charge < -0.3 is 10.1 Å². The average molecular weight is 235 g/mol. The van der Waals surface area contributed by atoms with E-state index in [1.807, 2.05) is 6.07 Å². The Labute approximate surface area is 105 Å². The lowest BCUT2D eigenvalue weighted by Crippen LogP contribution is -2.27. The van der Waals surface area contributed by atoms with Gasteiger partial charge in [0.1, 0.15) is 5.75 Å². The Morgan fingerprint density at radius 1 is 1.29 bits per heavy atom. The molecular weight excluding hydrogens is 210 g/mol. The van der Waals surface area contributed by atoms with Crippen molar-refractivity contribution in [2.24, 2.45) is 0 Å². The molecule has 0 aliphatic rings. The highest BCUT2D eigenvalue weighted by molar-refractivity contribution is 5.36. The van der Waals surface area contributed by atoms with Crippen LogP contribution in [0.3, 0.4) is 0 Å². The molecule has 1 atom stereocenters. The van der Waals surface area contributed by atoms with Gasteiger partial charge in [-0.25, -0.2) is 0 Å². The fraction of sp³-hybridized carbons (Fsp3) is 0.600. The summed E-state index contributed by atoms with van der Waals surface area (Å²) in [7, 11) is 1.72. The first-order valence-electron chi connectivity index (χ1n) is 6.58. The van der Waals surface area contributed by atoms with Crippen LogP contribution in [0.4, 0.5) is 0 Å². The van der Waals surface area contributed by atoms with Gasteiger partial charge in [-0.05, 0) is 37.0 Å². The summed E-state index contributed by atoms with van der Waals surface area (Å²) < 4.78 is 5.26. The maximum atomic E-state index is 5.26. The Balaban J connectivity index is 2.54. The number of nitrogens with one attached hydrogen (secondary N) is 1. The Hall–Kier alpha value is -1.02. The van der Waals surface area contributed by atoms with Crippen molar-refractivity contribution in [2.75, 3.05) is 7.11 Å². The summed E-state index contributed by atoms with van der Waals surface area (Å²) in [5, 5.41) is 3.61. The highest BCUT2D eigenvalue weighted by atomic mass is 16.5. The topological polar surface area (TPSA) is 21.3 Å². The quantitative estimate of drug-likeness (QED) is 0.778. The largest absolute Gasteiger partial charge is 0.496 e. The van der Waals surface area contributed by atoms with Gasteiger partial charge in [0, 0.05) is 12.6 Å². The number of rotatable bonds is 7. The Kier molecular flexibility index (Phi) is 6.06. The molecule has 1 aromatic carbocycles. The van der Waals surface area contributed by atoms with Gasteiger partial charge in [-0.15, -0.1) is 0 Å². The first-order valence-corrected chi connectivity index (χ1v) is 6.58. The second-order valence-electron chi connectivity index (χ2n) is 4.58. The predicted octanol–water partition coefficient (Wildman–Crippen LogP) is 3.67. The van der Waals surface area contributed by atoms with Crippen LogP contribution in [0, 0.1) is 6.92 Å². The van der Waals surface area contributed by atoms with E-state index in [0.717, 1.165) is 12.3 Å². The Morgan fingerprint density at radius 2 is 2.06 bits per heavy atom. The molecule has 0 radical (unpaired) electrons. The van der Waals surface area contributed by atoms with Crippen LogP contribution in [-0.4, -0.2) is 13.2 Å². The lowest BCUT2D eigenvalue weighted by molar-refractivity contribution is 0.411. The standard InChI is InChI=1S/C15H25NO/c1-5-7-14(6-2)16-11-13-8-9-15(17-4)12(3)10-13/h8-10,14,16H,5-7,11H2,1-4H3. The number of benzene rings is 1. The van der Waals surface area contributed by atoms with E-state index in [0.29, 0.717) is 6.04 Å². The monoisotopic (exact) mass is 235 g/mol. The summed E-state index contributed by atoms with van der Waals surface area (Å²) in [5.74, 6) is 0.967. The Morgan fingerprint density at radius 3 is 2.59 bits per heavy atom. The number of hydrogen-bond acceptors (Lipinski definition) is 2. The number of aryl methyl sites for hydroxylation is 1. The predicted molar refractivity (Wildman–Crippen MR) is 73.6 cm³/mol. The van der Waals surface area contributed by atoms with Crippen molar-refractivity contribution in [2.45, 2.75) is 52.6 Å². The zero-order chi connectivity index (χ0) is 12.7. The molecule has 2 nitrogen and oxygen atoms in total. The summed E-state index contributed by atoms with van der Waals surface area (Å²) in [6.45, 7) is 7.52. The first-order chi connectivity index (χ1) is 8.21. The SMILES string of the molecule is CCCC(CC)NCc1ccc(OC)c(C)c1. The van der Waals surface area contributed by atoms with E-state index >= 15 is 0 Å². The van der Waals surface area contributed by atoms with Gasteiger partial charge in [0.25, 0.3) is 0 Å². The molecular formula is C15H25NO. The second-order valence-corrected chi connectivity index (χ2v) is 4.58. The van der Waals surface area contributed by atoms with Gasteiger partial charge in [-0.1, -0.05) is 32.4 Å². The zero-order valence-corrected chi connectivity index (χ0v) is 11.5. The van der Waals surface area contributed by atoms with E-state index in [2.05, 4.69) is 38.2 Å². The minimum Gasteiger partial charge on any atom is -0.496 e. The van der Waals surface area contributed by atoms with Gasteiger partial charge in [-0.3, -0.25) is 0 Å². The van der Waals surface area contributed by atoms with Crippen LogP contribution in [-0.2, 0) is 6.54 Å². The van der Waals surface area contributed by atoms with Crippen molar-refractivity contribution in [1.82, 2.24) is 5.32 Å². The molecule has 17 heavy (non-hydrogen) atoms. The molecule has 0 saturated carbocycles. The van der Waals surface area contributed by atoms with Crippen molar-refractivity contribution in [3.8, 4) is 5.75 Å².